The molecule has 0 bridgehead atoms. The van der Waals surface area contributed by atoms with Gasteiger partial charge in [0.05, 0.1) is 10.5 Å². The molecule has 0 radical (unpaired) electrons. The third-order valence-electron chi connectivity index (χ3n) is 3.92. The molecule has 0 N–H and O–H groups in total. The van der Waals surface area contributed by atoms with Gasteiger partial charge in [-0.25, -0.2) is 8.42 Å². The van der Waals surface area contributed by atoms with Crippen LogP contribution in [0.5, 0.6) is 0 Å². The molecule has 1 aliphatic carbocycles. The zero-order valence-corrected chi connectivity index (χ0v) is 13.5. The number of hydrogen-bond acceptors (Lipinski definition) is 2. The topological polar surface area (TPSA) is 37.4 Å². The van der Waals surface area contributed by atoms with Crippen LogP contribution in [0.25, 0.3) is 0 Å². The van der Waals surface area contributed by atoms with Gasteiger partial charge in [-0.3, -0.25) is 0 Å². The molecule has 0 heterocycles. The maximum Gasteiger partial charge on any atom is 0.416 e. The Morgan fingerprint density at radius 2 is 1.54 bits per heavy atom. The van der Waals surface area contributed by atoms with Crippen molar-refractivity contribution in [2.24, 2.45) is 0 Å². The van der Waals surface area contributed by atoms with Gasteiger partial charge in [-0.1, -0.05) is 30.3 Å². The molecule has 0 spiro atoms. The summed E-state index contributed by atoms with van der Waals surface area (Å²) in [4.78, 5) is 0.198. The van der Waals surface area contributed by atoms with E-state index in [1.807, 2.05) is 0 Å². The first kappa shape index (κ1) is 17.0. The van der Waals surface area contributed by atoms with Crippen molar-refractivity contribution < 1.29 is 21.6 Å². The SMILES string of the molecule is O=S(=O)(c1ccccc1)N(Cc1ccc(C(F)(F)F)cc1)C1CC1. The second kappa shape index (κ2) is 6.22. The average molecular weight is 355 g/mol. The molecule has 7 heteroatoms. The largest absolute Gasteiger partial charge is 0.416 e. The maximum absolute atomic E-state index is 12.8. The van der Waals surface area contributed by atoms with Crippen LogP contribution in [0.3, 0.4) is 0 Å². The lowest BCUT2D eigenvalue weighted by Crippen LogP contribution is -2.32. The van der Waals surface area contributed by atoms with Crippen molar-refractivity contribution in [3.8, 4) is 0 Å². The molecule has 24 heavy (non-hydrogen) atoms. The van der Waals surface area contributed by atoms with Crippen molar-refractivity contribution in [3.63, 3.8) is 0 Å². The predicted molar refractivity (Wildman–Crippen MR) is 83.6 cm³/mol. The molecule has 2 aromatic carbocycles. The quantitative estimate of drug-likeness (QED) is 0.811. The number of nitrogens with zero attached hydrogens (tertiary/aromatic N) is 1. The molecule has 3 rings (SSSR count). The first-order chi connectivity index (χ1) is 11.3. The van der Waals surface area contributed by atoms with E-state index in [-0.39, 0.29) is 17.5 Å². The Bertz CT molecular complexity index is 798. The monoisotopic (exact) mass is 355 g/mol. The predicted octanol–water partition coefficient (Wildman–Crippen LogP) is 4.06. The highest BCUT2D eigenvalue weighted by Crippen LogP contribution is 2.34. The van der Waals surface area contributed by atoms with Crippen LogP contribution in [0.15, 0.2) is 59.5 Å². The van der Waals surface area contributed by atoms with E-state index in [2.05, 4.69) is 0 Å². The number of halogens is 3. The first-order valence-electron chi connectivity index (χ1n) is 7.51. The van der Waals surface area contributed by atoms with Crippen LogP contribution in [0.2, 0.25) is 0 Å². The highest BCUT2D eigenvalue weighted by Gasteiger charge is 2.38. The van der Waals surface area contributed by atoms with E-state index < -0.39 is 21.8 Å². The van der Waals surface area contributed by atoms with E-state index in [4.69, 9.17) is 0 Å². The number of sulfonamides is 1. The maximum atomic E-state index is 12.8. The third-order valence-corrected chi connectivity index (χ3v) is 5.84. The van der Waals surface area contributed by atoms with Crippen LogP contribution in [0.4, 0.5) is 13.2 Å². The summed E-state index contributed by atoms with van der Waals surface area (Å²) in [7, 11) is -3.66. The molecule has 128 valence electrons. The van der Waals surface area contributed by atoms with Gasteiger partial charge in [0.15, 0.2) is 0 Å². The Kier molecular flexibility index (Phi) is 4.40. The van der Waals surface area contributed by atoms with Crippen LogP contribution in [0, 0.1) is 0 Å². The summed E-state index contributed by atoms with van der Waals surface area (Å²) in [5.74, 6) is 0. The summed E-state index contributed by atoms with van der Waals surface area (Å²) in [6.07, 6.45) is -2.86. The fourth-order valence-electron chi connectivity index (χ4n) is 2.48. The number of benzene rings is 2. The van der Waals surface area contributed by atoms with Crippen molar-refractivity contribution in [2.75, 3.05) is 0 Å². The second-order valence-corrected chi connectivity index (χ2v) is 7.68. The molecule has 0 saturated heterocycles. The van der Waals surface area contributed by atoms with Crippen LogP contribution in [-0.4, -0.2) is 18.8 Å². The Labute approximate surface area is 138 Å². The molecule has 0 atom stereocenters. The van der Waals surface area contributed by atoms with Crippen LogP contribution < -0.4 is 0 Å². The van der Waals surface area contributed by atoms with Crippen molar-refractivity contribution >= 4 is 10.0 Å². The number of hydrogen-bond donors (Lipinski definition) is 0. The van der Waals surface area contributed by atoms with Crippen molar-refractivity contribution in [3.05, 3.63) is 65.7 Å². The molecule has 0 aliphatic heterocycles. The Hall–Kier alpha value is -1.86. The van der Waals surface area contributed by atoms with Crippen molar-refractivity contribution in [1.29, 1.82) is 0 Å². The standard InChI is InChI=1S/C17H16F3NO2S/c18-17(19,20)14-8-6-13(7-9-14)12-21(15-10-11-15)24(22,23)16-4-2-1-3-5-16/h1-9,15H,10-12H2. The highest BCUT2D eigenvalue weighted by molar-refractivity contribution is 7.89. The lowest BCUT2D eigenvalue weighted by atomic mass is 10.1. The molecule has 0 aromatic heterocycles. The van der Waals surface area contributed by atoms with Gasteiger partial charge in [0.1, 0.15) is 0 Å². The van der Waals surface area contributed by atoms with E-state index in [9.17, 15) is 21.6 Å². The Morgan fingerprint density at radius 1 is 0.958 bits per heavy atom. The zero-order chi connectivity index (χ0) is 17.4. The fourth-order valence-corrected chi connectivity index (χ4v) is 4.17. The van der Waals surface area contributed by atoms with E-state index in [0.717, 1.165) is 25.0 Å². The van der Waals surface area contributed by atoms with Crippen molar-refractivity contribution in [2.45, 2.75) is 36.5 Å². The normalized spacial score (nSPS) is 15.7. The zero-order valence-electron chi connectivity index (χ0n) is 12.7. The van der Waals surface area contributed by atoms with Gasteiger partial charge < -0.3 is 0 Å². The molecule has 1 fully saturated rings. The third kappa shape index (κ3) is 3.62. The molecule has 2 aromatic rings. The molecule has 1 aliphatic rings. The summed E-state index contributed by atoms with van der Waals surface area (Å²) in [5, 5.41) is 0. The van der Waals surface area contributed by atoms with E-state index in [1.165, 1.54) is 28.6 Å². The van der Waals surface area contributed by atoms with Gasteiger partial charge in [-0.05, 0) is 42.7 Å². The van der Waals surface area contributed by atoms with Gasteiger partial charge in [-0.2, -0.15) is 17.5 Å². The fraction of sp³-hybridized carbons (Fsp3) is 0.294. The van der Waals surface area contributed by atoms with Gasteiger partial charge in [0, 0.05) is 12.6 Å². The molecular weight excluding hydrogens is 339 g/mol. The molecule has 1 saturated carbocycles. The second-order valence-electron chi connectivity index (χ2n) is 5.79. The summed E-state index contributed by atoms with van der Waals surface area (Å²) < 4.78 is 64.8. The van der Waals surface area contributed by atoms with E-state index >= 15 is 0 Å². The highest BCUT2D eigenvalue weighted by atomic mass is 32.2. The molecule has 0 amide bonds. The summed E-state index contributed by atoms with van der Waals surface area (Å²) in [6.45, 7) is 0.0695. The summed E-state index contributed by atoms with van der Waals surface area (Å²) in [5.41, 5.74) is -0.204. The van der Waals surface area contributed by atoms with Gasteiger partial charge >= 0.3 is 6.18 Å². The van der Waals surface area contributed by atoms with Gasteiger partial charge in [-0.15, -0.1) is 0 Å². The Balaban J connectivity index is 1.85. The van der Waals surface area contributed by atoms with Crippen LogP contribution in [-0.2, 0) is 22.7 Å². The summed E-state index contributed by atoms with van der Waals surface area (Å²) >= 11 is 0. The summed E-state index contributed by atoms with van der Waals surface area (Å²) in [6, 6.07) is 12.6. The minimum atomic E-state index is -4.40. The van der Waals surface area contributed by atoms with Crippen LogP contribution >= 0.6 is 0 Å². The molecular formula is C17H16F3NO2S. The lowest BCUT2D eigenvalue weighted by molar-refractivity contribution is -0.137. The average Bonchev–Trinajstić information content (AvgIpc) is 3.37. The smallest absolute Gasteiger partial charge is 0.207 e. The molecule has 3 nitrogen and oxygen atoms in total. The van der Waals surface area contributed by atoms with E-state index in [0.29, 0.717) is 5.56 Å². The number of rotatable bonds is 5. The van der Waals surface area contributed by atoms with Gasteiger partial charge in [0.25, 0.3) is 0 Å². The van der Waals surface area contributed by atoms with Crippen LogP contribution in [0.1, 0.15) is 24.0 Å². The minimum Gasteiger partial charge on any atom is -0.207 e. The Morgan fingerprint density at radius 3 is 2.04 bits per heavy atom. The lowest BCUT2D eigenvalue weighted by Gasteiger charge is -2.22. The minimum absolute atomic E-state index is 0.0695. The van der Waals surface area contributed by atoms with Crippen molar-refractivity contribution in [1.82, 2.24) is 4.31 Å². The number of alkyl halides is 3. The first-order valence-corrected chi connectivity index (χ1v) is 8.95. The molecule has 0 unspecified atom stereocenters. The van der Waals surface area contributed by atoms with Gasteiger partial charge in [0.2, 0.25) is 10.0 Å². The van der Waals surface area contributed by atoms with E-state index in [1.54, 1.807) is 18.2 Å².